The number of carboxylic acid groups (broad SMARTS) is 1. The Kier molecular flexibility index (Phi) is 3.78. The minimum absolute atomic E-state index is 0.429. The first-order valence-electron chi connectivity index (χ1n) is 4.85. The Bertz CT molecular complexity index is 625. The molecule has 0 fully saturated rings. The first-order valence-corrected chi connectivity index (χ1v) is 6.02. The van der Waals surface area contributed by atoms with Crippen LogP contribution >= 0.6 is 27.5 Å². The maximum absolute atomic E-state index is 10.5. The summed E-state index contributed by atoms with van der Waals surface area (Å²) in [7, 11) is 0. The standard InChI is InChI=1S/C11H7BrClN3O2/c12-9-6-7(3-4-10(17)18)16(15-9)11-8(13)2-1-5-14-11/h1-6H,(H,17,18)/b4-3+. The van der Waals surface area contributed by atoms with Gasteiger partial charge in [-0.3, -0.25) is 0 Å². The second-order valence-corrected chi connectivity index (χ2v) is 4.50. The Morgan fingerprint density at radius 2 is 2.33 bits per heavy atom. The van der Waals surface area contributed by atoms with E-state index in [0.29, 0.717) is 21.1 Å². The normalized spacial score (nSPS) is 11.0. The van der Waals surface area contributed by atoms with Crippen molar-refractivity contribution in [1.29, 1.82) is 0 Å². The van der Waals surface area contributed by atoms with E-state index in [4.69, 9.17) is 16.7 Å². The Morgan fingerprint density at radius 1 is 1.56 bits per heavy atom. The Labute approximate surface area is 116 Å². The van der Waals surface area contributed by atoms with Crippen molar-refractivity contribution in [2.45, 2.75) is 0 Å². The summed E-state index contributed by atoms with van der Waals surface area (Å²) in [5.41, 5.74) is 0.560. The first-order chi connectivity index (χ1) is 8.58. The zero-order valence-electron chi connectivity index (χ0n) is 8.92. The molecule has 18 heavy (non-hydrogen) atoms. The maximum Gasteiger partial charge on any atom is 0.328 e. The topological polar surface area (TPSA) is 68.0 Å². The monoisotopic (exact) mass is 327 g/mol. The summed E-state index contributed by atoms with van der Waals surface area (Å²) in [5.74, 6) is -0.596. The third kappa shape index (κ3) is 2.77. The molecule has 7 heteroatoms. The van der Waals surface area contributed by atoms with E-state index < -0.39 is 5.97 Å². The molecule has 2 heterocycles. The van der Waals surface area contributed by atoms with Crippen LogP contribution in [0.15, 0.2) is 35.1 Å². The number of aromatic nitrogens is 3. The Hall–Kier alpha value is -1.66. The van der Waals surface area contributed by atoms with Gasteiger partial charge in [-0.2, -0.15) is 5.10 Å². The smallest absolute Gasteiger partial charge is 0.328 e. The highest BCUT2D eigenvalue weighted by molar-refractivity contribution is 9.10. The summed E-state index contributed by atoms with van der Waals surface area (Å²) in [5, 5.41) is 13.2. The van der Waals surface area contributed by atoms with Crippen LogP contribution in [0.2, 0.25) is 5.02 Å². The van der Waals surface area contributed by atoms with Crippen LogP contribution in [0.1, 0.15) is 5.69 Å². The number of halogens is 2. The largest absolute Gasteiger partial charge is 0.478 e. The average molecular weight is 329 g/mol. The summed E-state index contributed by atoms with van der Waals surface area (Å²) in [4.78, 5) is 14.6. The van der Waals surface area contributed by atoms with Gasteiger partial charge in [-0.25, -0.2) is 14.5 Å². The second kappa shape index (κ2) is 5.32. The maximum atomic E-state index is 10.5. The van der Waals surface area contributed by atoms with E-state index in [0.717, 1.165) is 6.08 Å². The molecule has 0 atom stereocenters. The molecule has 0 aliphatic carbocycles. The van der Waals surface area contributed by atoms with Gasteiger partial charge in [0.25, 0.3) is 0 Å². The van der Waals surface area contributed by atoms with Crippen molar-refractivity contribution in [2.75, 3.05) is 0 Å². The third-order valence-corrected chi connectivity index (χ3v) is 2.73. The molecule has 2 aromatic heterocycles. The van der Waals surface area contributed by atoms with Crippen molar-refractivity contribution in [1.82, 2.24) is 14.8 Å². The van der Waals surface area contributed by atoms with Crippen LogP contribution in [-0.2, 0) is 4.79 Å². The minimum atomic E-state index is -1.04. The highest BCUT2D eigenvalue weighted by atomic mass is 79.9. The number of carbonyl (C=O) groups is 1. The summed E-state index contributed by atoms with van der Waals surface area (Å²) in [6.45, 7) is 0. The molecule has 0 unspecified atom stereocenters. The summed E-state index contributed by atoms with van der Waals surface area (Å²) in [6.07, 6.45) is 4.03. The van der Waals surface area contributed by atoms with E-state index in [9.17, 15) is 4.79 Å². The molecule has 0 aliphatic rings. The fourth-order valence-corrected chi connectivity index (χ4v) is 1.94. The number of pyridine rings is 1. The molecule has 0 aliphatic heterocycles. The number of aliphatic carboxylic acids is 1. The van der Waals surface area contributed by atoms with Gasteiger partial charge in [-0.1, -0.05) is 11.6 Å². The number of hydrogen-bond donors (Lipinski definition) is 1. The first kappa shape index (κ1) is 12.8. The molecule has 92 valence electrons. The van der Waals surface area contributed by atoms with Gasteiger partial charge < -0.3 is 5.11 Å². The third-order valence-electron chi connectivity index (χ3n) is 2.04. The van der Waals surface area contributed by atoms with Crippen molar-refractivity contribution in [3.8, 4) is 5.82 Å². The van der Waals surface area contributed by atoms with E-state index >= 15 is 0 Å². The van der Waals surface area contributed by atoms with E-state index in [-0.39, 0.29) is 0 Å². The Morgan fingerprint density at radius 3 is 3.00 bits per heavy atom. The lowest BCUT2D eigenvalue weighted by atomic mass is 10.3. The molecule has 0 amide bonds. The highest BCUT2D eigenvalue weighted by Crippen LogP contribution is 2.21. The number of carboxylic acids is 1. The molecule has 0 saturated heterocycles. The molecular formula is C11H7BrClN3O2. The molecule has 0 saturated carbocycles. The molecule has 1 N–H and O–H groups in total. The Balaban J connectivity index is 2.51. The zero-order valence-corrected chi connectivity index (χ0v) is 11.3. The van der Waals surface area contributed by atoms with Gasteiger partial charge in [0, 0.05) is 12.3 Å². The SMILES string of the molecule is O=C(O)/C=C/c1cc(Br)nn1-c1ncccc1Cl. The molecule has 5 nitrogen and oxygen atoms in total. The van der Waals surface area contributed by atoms with Crippen LogP contribution in [0.25, 0.3) is 11.9 Å². The fraction of sp³-hybridized carbons (Fsp3) is 0. The van der Waals surface area contributed by atoms with E-state index in [2.05, 4.69) is 26.0 Å². The number of nitrogens with zero attached hydrogens (tertiary/aromatic N) is 3. The van der Waals surface area contributed by atoms with Gasteiger partial charge >= 0.3 is 5.97 Å². The van der Waals surface area contributed by atoms with Crippen LogP contribution in [0.5, 0.6) is 0 Å². The zero-order chi connectivity index (χ0) is 13.1. The molecule has 0 radical (unpaired) electrons. The summed E-state index contributed by atoms with van der Waals surface area (Å²) in [6, 6.07) is 5.06. The molecular weight excluding hydrogens is 321 g/mol. The van der Waals surface area contributed by atoms with Crippen LogP contribution in [0, 0.1) is 0 Å². The van der Waals surface area contributed by atoms with Gasteiger partial charge in [-0.05, 0) is 40.2 Å². The molecule has 2 aromatic rings. The van der Waals surface area contributed by atoms with Crippen molar-refractivity contribution in [3.05, 3.63) is 45.8 Å². The van der Waals surface area contributed by atoms with Crippen LogP contribution < -0.4 is 0 Å². The van der Waals surface area contributed by atoms with Crippen molar-refractivity contribution < 1.29 is 9.90 Å². The van der Waals surface area contributed by atoms with Crippen molar-refractivity contribution in [3.63, 3.8) is 0 Å². The van der Waals surface area contributed by atoms with Crippen LogP contribution in [-0.4, -0.2) is 25.8 Å². The number of rotatable bonds is 3. The van der Waals surface area contributed by atoms with Gasteiger partial charge in [0.05, 0.1) is 10.7 Å². The van der Waals surface area contributed by atoms with E-state index in [1.165, 1.54) is 10.8 Å². The average Bonchev–Trinajstić information content (AvgIpc) is 2.68. The highest BCUT2D eigenvalue weighted by Gasteiger charge is 2.10. The van der Waals surface area contributed by atoms with Crippen molar-refractivity contribution in [2.24, 2.45) is 0 Å². The molecule has 0 bridgehead atoms. The van der Waals surface area contributed by atoms with E-state index in [1.54, 1.807) is 24.4 Å². The fourth-order valence-electron chi connectivity index (χ4n) is 1.34. The molecule has 2 rings (SSSR count). The lowest BCUT2D eigenvalue weighted by Crippen LogP contribution is -2.02. The predicted molar refractivity (Wildman–Crippen MR) is 70.7 cm³/mol. The van der Waals surface area contributed by atoms with Crippen molar-refractivity contribution >= 4 is 39.6 Å². The number of hydrogen-bond acceptors (Lipinski definition) is 3. The minimum Gasteiger partial charge on any atom is -0.478 e. The quantitative estimate of drug-likeness (QED) is 0.880. The van der Waals surface area contributed by atoms with Crippen LogP contribution in [0.3, 0.4) is 0 Å². The van der Waals surface area contributed by atoms with Gasteiger partial charge in [-0.15, -0.1) is 0 Å². The van der Waals surface area contributed by atoms with E-state index in [1.807, 2.05) is 0 Å². The summed E-state index contributed by atoms with van der Waals surface area (Å²) < 4.78 is 2.03. The lowest BCUT2D eigenvalue weighted by molar-refractivity contribution is -0.131. The molecule has 0 aromatic carbocycles. The van der Waals surface area contributed by atoms with Gasteiger partial charge in [0.1, 0.15) is 4.60 Å². The molecule has 0 spiro atoms. The predicted octanol–water partition coefficient (Wildman–Crippen LogP) is 2.78. The summed E-state index contributed by atoms with van der Waals surface area (Å²) >= 11 is 9.25. The lowest BCUT2D eigenvalue weighted by Gasteiger charge is -2.04. The van der Waals surface area contributed by atoms with Crippen LogP contribution in [0.4, 0.5) is 0 Å². The van der Waals surface area contributed by atoms with Gasteiger partial charge in [0.15, 0.2) is 5.82 Å². The second-order valence-electron chi connectivity index (χ2n) is 3.28. The van der Waals surface area contributed by atoms with Gasteiger partial charge in [0.2, 0.25) is 0 Å².